The summed E-state index contributed by atoms with van der Waals surface area (Å²) in [6, 6.07) is 3.29. The Balaban J connectivity index is 2.18. The predicted octanol–water partition coefficient (Wildman–Crippen LogP) is 0.360. The lowest BCUT2D eigenvalue weighted by Crippen LogP contribution is -2.41. The van der Waals surface area contributed by atoms with Crippen molar-refractivity contribution in [1.29, 1.82) is 0 Å². The van der Waals surface area contributed by atoms with Crippen LogP contribution >= 0.6 is 0 Å². The molecule has 0 aliphatic heterocycles. The second-order valence-electron chi connectivity index (χ2n) is 3.40. The minimum absolute atomic E-state index is 0.226. The summed E-state index contributed by atoms with van der Waals surface area (Å²) < 4.78 is 4.97. The third kappa shape index (κ3) is 4.73. The molecule has 0 atom stereocenters. The summed E-state index contributed by atoms with van der Waals surface area (Å²) in [7, 11) is 1.68. The third-order valence-corrected chi connectivity index (χ3v) is 2.09. The molecule has 0 aliphatic carbocycles. The molecule has 0 unspecified atom stereocenters. The second kappa shape index (κ2) is 7.94. The lowest BCUT2D eigenvalue weighted by atomic mass is 10.4. The average Bonchev–Trinajstić information content (AvgIpc) is 2.91. The molecule has 0 aromatic carbocycles. The first-order chi connectivity index (χ1) is 8.77. The Kier molecular flexibility index (Phi) is 6.10. The van der Waals surface area contributed by atoms with Crippen molar-refractivity contribution < 1.29 is 9.21 Å². The standard InChI is InChI=1S/C12H18N4O2/c1-3-6-15-12(13-2)16-8-7-14-11(17)10-5-4-9-18-10/h3-5,9H,1,6-8H2,2H3,(H,14,17)(H2,13,15,16). The van der Waals surface area contributed by atoms with Gasteiger partial charge in [0.1, 0.15) is 0 Å². The highest BCUT2D eigenvalue weighted by atomic mass is 16.3. The molecule has 6 heteroatoms. The summed E-state index contributed by atoms with van der Waals surface area (Å²) in [4.78, 5) is 15.5. The van der Waals surface area contributed by atoms with E-state index in [1.807, 2.05) is 0 Å². The first kappa shape index (κ1) is 13.8. The monoisotopic (exact) mass is 250 g/mol. The molecule has 98 valence electrons. The van der Waals surface area contributed by atoms with Crippen LogP contribution < -0.4 is 16.0 Å². The van der Waals surface area contributed by atoms with Gasteiger partial charge in [-0.2, -0.15) is 0 Å². The number of carbonyl (C=O) groups excluding carboxylic acids is 1. The van der Waals surface area contributed by atoms with Crippen LogP contribution in [0.4, 0.5) is 0 Å². The molecule has 0 saturated heterocycles. The van der Waals surface area contributed by atoms with E-state index in [-0.39, 0.29) is 5.91 Å². The Morgan fingerprint density at radius 2 is 2.22 bits per heavy atom. The summed E-state index contributed by atoms with van der Waals surface area (Å²) in [5, 5.41) is 8.80. The zero-order valence-electron chi connectivity index (χ0n) is 10.4. The lowest BCUT2D eigenvalue weighted by molar-refractivity contribution is 0.0926. The van der Waals surface area contributed by atoms with Gasteiger partial charge in [-0.3, -0.25) is 9.79 Å². The molecule has 1 rings (SSSR count). The fourth-order valence-corrected chi connectivity index (χ4v) is 1.24. The van der Waals surface area contributed by atoms with E-state index in [9.17, 15) is 4.79 Å². The number of rotatable bonds is 6. The Morgan fingerprint density at radius 1 is 1.44 bits per heavy atom. The van der Waals surface area contributed by atoms with E-state index >= 15 is 0 Å². The van der Waals surface area contributed by atoms with Gasteiger partial charge in [-0.1, -0.05) is 6.08 Å². The largest absolute Gasteiger partial charge is 0.459 e. The first-order valence-electron chi connectivity index (χ1n) is 5.65. The van der Waals surface area contributed by atoms with Gasteiger partial charge >= 0.3 is 0 Å². The van der Waals surface area contributed by atoms with Gasteiger partial charge in [0.05, 0.1) is 6.26 Å². The van der Waals surface area contributed by atoms with Crippen LogP contribution in [0.15, 0.2) is 40.5 Å². The van der Waals surface area contributed by atoms with Gasteiger partial charge in [-0.05, 0) is 12.1 Å². The molecule has 6 nitrogen and oxygen atoms in total. The van der Waals surface area contributed by atoms with E-state index in [4.69, 9.17) is 4.42 Å². The maximum atomic E-state index is 11.5. The Hall–Kier alpha value is -2.24. The SMILES string of the molecule is C=CCNC(=NC)NCCNC(=O)c1ccco1. The van der Waals surface area contributed by atoms with E-state index in [2.05, 4.69) is 27.5 Å². The molecular formula is C12H18N4O2. The molecule has 1 aromatic rings. The third-order valence-electron chi connectivity index (χ3n) is 2.09. The van der Waals surface area contributed by atoms with Gasteiger partial charge in [0.15, 0.2) is 11.7 Å². The highest BCUT2D eigenvalue weighted by molar-refractivity contribution is 5.91. The molecular weight excluding hydrogens is 232 g/mol. The quantitative estimate of drug-likeness (QED) is 0.295. The van der Waals surface area contributed by atoms with Crippen molar-refractivity contribution in [2.24, 2.45) is 4.99 Å². The number of amides is 1. The minimum Gasteiger partial charge on any atom is -0.459 e. The van der Waals surface area contributed by atoms with Crippen LogP contribution in [0, 0.1) is 0 Å². The van der Waals surface area contributed by atoms with Gasteiger partial charge in [-0.25, -0.2) is 0 Å². The molecule has 0 saturated carbocycles. The zero-order chi connectivity index (χ0) is 13.2. The fourth-order valence-electron chi connectivity index (χ4n) is 1.24. The summed E-state index contributed by atoms with van der Waals surface area (Å²) in [5.74, 6) is 0.752. The smallest absolute Gasteiger partial charge is 0.287 e. The lowest BCUT2D eigenvalue weighted by Gasteiger charge is -2.10. The molecule has 0 fully saturated rings. The van der Waals surface area contributed by atoms with Crippen molar-refractivity contribution in [3.05, 3.63) is 36.8 Å². The maximum absolute atomic E-state index is 11.5. The summed E-state index contributed by atoms with van der Waals surface area (Å²) in [5.41, 5.74) is 0. The normalized spacial score (nSPS) is 10.8. The number of hydrogen-bond donors (Lipinski definition) is 3. The van der Waals surface area contributed by atoms with Gasteiger partial charge < -0.3 is 20.4 Å². The summed E-state index contributed by atoms with van der Waals surface area (Å²) in [6.07, 6.45) is 3.21. The molecule has 3 N–H and O–H groups in total. The number of hydrogen-bond acceptors (Lipinski definition) is 3. The molecule has 0 aliphatic rings. The second-order valence-corrected chi connectivity index (χ2v) is 3.40. The average molecular weight is 250 g/mol. The molecule has 18 heavy (non-hydrogen) atoms. The highest BCUT2D eigenvalue weighted by Gasteiger charge is 2.06. The number of nitrogens with zero attached hydrogens (tertiary/aromatic N) is 1. The van der Waals surface area contributed by atoms with E-state index in [1.54, 1.807) is 25.3 Å². The van der Waals surface area contributed by atoms with E-state index in [0.29, 0.717) is 31.4 Å². The number of carbonyl (C=O) groups is 1. The molecule has 1 amide bonds. The Morgan fingerprint density at radius 3 is 2.83 bits per heavy atom. The highest BCUT2D eigenvalue weighted by Crippen LogP contribution is 1.98. The van der Waals surface area contributed by atoms with Crippen molar-refractivity contribution >= 4 is 11.9 Å². The topological polar surface area (TPSA) is 78.7 Å². The molecule has 0 spiro atoms. The molecule has 0 bridgehead atoms. The fraction of sp³-hybridized carbons (Fsp3) is 0.333. The van der Waals surface area contributed by atoms with E-state index in [0.717, 1.165) is 0 Å². The predicted molar refractivity (Wildman–Crippen MR) is 70.6 cm³/mol. The number of guanidine groups is 1. The first-order valence-corrected chi connectivity index (χ1v) is 5.65. The van der Waals surface area contributed by atoms with Crippen LogP contribution in [0.1, 0.15) is 10.6 Å². The van der Waals surface area contributed by atoms with Crippen molar-refractivity contribution in [1.82, 2.24) is 16.0 Å². The van der Waals surface area contributed by atoms with Crippen LogP contribution in [0.25, 0.3) is 0 Å². The van der Waals surface area contributed by atoms with Gasteiger partial charge in [-0.15, -0.1) is 6.58 Å². The Bertz CT molecular complexity index is 398. The van der Waals surface area contributed by atoms with Crippen molar-refractivity contribution in [3.63, 3.8) is 0 Å². The van der Waals surface area contributed by atoms with Crippen molar-refractivity contribution in [2.45, 2.75) is 0 Å². The molecule has 0 radical (unpaired) electrons. The maximum Gasteiger partial charge on any atom is 0.287 e. The molecule has 1 aromatic heterocycles. The van der Waals surface area contributed by atoms with Crippen LogP contribution in [-0.4, -0.2) is 38.5 Å². The van der Waals surface area contributed by atoms with Crippen LogP contribution in [-0.2, 0) is 0 Å². The van der Waals surface area contributed by atoms with Crippen LogP contribution in [0.2, 0.25) is 0 Å². The summed E-state index contributed by atoms with van der Waals surface area (Å²) in [6.45, 7) is 5.29. The summed E-state index contributed by atoms with van der Waals surface area (Å²) >= 11 is 0. The van der Waals surface area contributed by atoms with E-state index < -0.39 is 0 Å². The number of furan rings is 1. The zero-order valence-corrected chi connectivity index (χ0v) is 10.4. The number of nitrogens with one attached hydrogen (secondary N) is 3. The van der Waals surface area contributed by atoms with E-state index in [1.165, 1.54) is 6.26 Å². The van der Waals surface area contributed by atoms with Crippen molar-refractivity contribution in [3.8, 4) is 0 Å². The van der Waals surface area contributed by atoms with Gasteiger partial charge in [0.2, 0.25) is 0 Å². The minimum atomic E-state index is -0.226. The molecule has 1 heterocycles. The van der Waals surface area contributed by atoms with Gasteiger partial charge in [0.25, 0.3) is 5.91 Å². The van der Waals surface area contributed by atoms with Crippen molar-refractivity contribution in [2.75, 3.05) is 26.7 Å². The van der Waals surface area contributed by atoms with Crippen LogP contribution in [0.5, 0.6) is 0 Å². The number of aliphatic imine (C=N–C) groups is 1. The van der Waals surface area contributed by atoms with Gasteiger partial charge in [0, 0.05) is 26.7 Å². The van der Waals surface area contributed by atoms with Crippen LogP contribution in [0.3, 0.4) is 0 Å². The Labute approximate surface area is 106 Å².